The Morgan fingerprint density at radius 1 is 1.42 bits per heavy atom. The fourth-order valence-electron chi connectivity index (χ4n) is 2.09. The largest absolute Gasteiger partial charge is 0.392 e. The van der Waals surface area contributed by atoms with Gasteiger partial charge in [-0.25, -0.2) is 9.67 Å². The lowest BCUT2D eigenvalue weighted by atomic mass is 10.2. The van der Waals surface area contributed by atoms with Crippen LogP contribution in [0.3, 0.4) is 0 Å². The molecule has 3 aromatic rings. The van der Waals surface area contributed by atoms with Gasteiger partial charge in [0.1, 0.15) is 5.65 Å². The van der Waals surface area contributed by atoms with Crippen LogP contribution in [0, 0.1) is 6.92 Å². The Kier molecular flexibility index (Phi) is 2.89. The number of hydrogen-bond donors (Lipinski definition) is 2. The molecule has 0 radical (unpaired) electrons. The second kappa shape index (κ2) is 4.70. The van der Waals surface area contributed by atoms with Crippen molar-refractivity contribution in [1.29, 1.82) is 0 Å². The molecule has 0 aliphatic carbocycles. The standard InChI is InChI=1S/C14H14N4O/c1-10-11(3-2-8-19)9-18(17-10)13-5-7-16-14-12(13)4-6-15-14/h2-7,9,19H,8H2,1H3,(H,15,16). The van der Waals surface area contributed by atoms with Crippen molar-refractivity contribution in [3.8, 4) is 5.69 Å². The Labute approximate surface area is 110 Å². The first-order chi connectivity index (χ1) is 9.29. The van der Waals surface area contributed by atoms with Crippen LogP contribution in [-0.2, 0) is 0 Å². The molecule has 5 heteroatoms. The maximum absolute atomic E-state index is 8.83. The van der Waals surface area contributed by atoms with E-state index in [1.807, 2.05) is 42.2 Å². The number of nitrogens with one attached hydrogen (secondary N) is 1. The van der Waals surface area contributed by atoms with Gasteiger partial charge in [0.2, 0.25) is 0 Å². The van der Waals surface area contributed by atoms with E-state index in [0.717, 1.165) is 28.0 Å². The van der Waals surface area contributed by atoms with Gasteiger partial charge in [-0.15, -0.1) is 0 Å². The highest BCUT2D eigenvalue weighted by molar-refractivity contribution is 5.84. The first kappa shape index (κ1) is 11.7. The molecule has 5 nitrogen and oxygen atoms in total. The molecule has 0 aliphatic heterocycles. The number of H-pyrrole nitrogens is 1. The molecule has 0 bridgehead atoms. The van der Waals surface area contributed by atoms with Crippen molar-refractivity contribution in [2.75, 3.05) is 6.61 Å². The van der Waals surface area contributed by atoms with E-state index >= 15 is 0 Å². The molecular weight excluding hydrogens is 240 g/mol. The summed E-state index contributed by atoms with van der Waals surface area (Å²) in [6.45, 7) is 1.98. The zero-order valence-electron chi connectivity index (χ0n) is 10.5. The van der Waals surface area contributed by atoms with E-state index in [4.69, 9.17) is 5.11 Å². The lowest BCUT2D eigenvalue weighted by molar-refractivity contribution is 0.343. The van der Waals surface area contributed by atoms with Crippen LogP contribution >= 0.6 is 0 Å². The molecule has 3 rings (SSSR count). The molecule has 3 heterocycles. The van der Waals surface area contributed by atoms with Crippen molar-refractivity contribution in [3.63, 3.8) is 0 Å². The Morgan fingerprint density at radius 2 is 2.32 bits per heavy atom. The predicted octanol–water partition coefficient (Wildman–Crippen LogP) is 2.06. The minimum atomic E-state index is 0.0297. The Balaban J connectivity index is 2.12. The first-order valence-electron chi connectivity index (χ1n) is 6.06. The maximum atomic E-state index is 8.83. The lowest BCUT2D eigenvalue weighted by Gasteiger charge is -2.01. The zero-order valence-corrected chi connectivity index (χ0v) is 10.5. The molecule has 0 saturated carbocycles. The minimum Gasteiger partial charge on any atom is -0.392 e. The number of hydrogen-bond acceptors (Lipinski definition) is 3. The van der Waals surface area contributed by atoms with E-state index in [9.17, 15) is 0 Å². The van der Waals surface area contributed by atoms with Crippen LogP contribution in [0.2, 0.25) is 0 Å². The van der Waals surface area contributed by atoms with Gasteiger partial charge in [-0.3, -0.25) is 0 Å². The summed E-state index contributed by atoms with van der Waals surface area (Å²) in [4.78, 5) is 7.35. The van der Waals surface area contributed by atoms with Gasteiger partial charge < -0.3 is 10.1 Å². The Morgan fingerprint density at radius 3 is 3.16 bits per heavy atom. The van der Waals surface area contributed by atoms with Crippen LogP contribution in [0.1, 0.15) is 11.3 Å². The topological polar surface area (TPSA) is 66.7 Å². The van der Waals surface area contributed by atoms with Crippen molar-refractivity contribution >= 4 is 17.1 Å². The summed E-state index contributed by atoms with van der Waals surface area (Å²) in [5.41, 5.74) is 3.75. The smallest absolute Gasteiger partial charge is 0.139 e. The minimum absolute atomic E-state index is 0.0297. The zero-order chi connectivity index (χ0) is 13.2. The second-order valence-corrected chi connectivity index (χ2v) is 4.27. The van der Waals surface area contributed by atoms with E-state index in [2.05, 4.69) is 15.1 Å². The van der Waals surface area contributed by atoms with Gasteiger partial charge in [-0.2, -0.15) is 5.10 Å². The third-order valence-corrected chi connectivity index (χ3v) is 3.02. The molecule has 3 aromatic heterocycles. The monoisotopic (exact) mass is 254 g/mol. The van der Waals surface area contributed by atoms with E-state index in [0.29, 0.717) is 0 Å². The van der Waals surface area contributed by atoms with Crippen LogP contribution in [0.15, 0.2) is 36.8 Å². The van der Waals surface area contributed by atoms with Crippen molar-refractivity contribution in [2.24, 2.45) is 0 Å². The lowest BCUT2D eigenvalue weighted by Crippen LogP contribution is -1.96. The van der Waals surface area contributed by atoms with Crippen LogP contribution in [0.4, 0.5) is 0 Å². The number of aliphatic hydroxyl groups is 1. The molecule has 0 unspecified atom stereocenters. The van der Waals surface area contributed by atoms with Crippen molar-refractivity contribution in [3.05, 3.63) is 48.1 Å². The average molecular weight is 254 g/mol. The van der Waals surface area contributed by atoms with E-state index in [1.165, 1.54) is 0 Å². The number of fused-ring (bicyclic) bond motifs is 1. The molecule has 0 saturated heterocycles. The SMILES string of the molecule is Cc1nn(-c2ccnc3[nH]ccc23)cc1C=CCO. The van der Waals surface area contributed by atoms with E-state index in [-0.39, 0.29) is 6.61 Å². The normalized spacial score (nSPS) is 11.7. The number of aliphatic hydroxyl groups excluding tert-OH is 1. The first-order valence-corrected chi connectivity index (χ1v) is 6.06. The van der Waals surface area contributed by atoms with Gasteiger partial charge in [0.15, 0.2) is 0 Å². The molecule has 2 N–H and O–H groups in total. The quantitative estimate of drug-likeness (QED) is 0.751. The van der Waals surface area contributed by atoms with Gasteiger partial charge in [0.05, 0.1) is 18.0 Å². The number of nitrogens with zero attached hydrogens (tertiary/aromatic N) is 3. The number of aromatic amines is 1. The number of aromatic nitrogens is 4. The molecule has 0 aliphatic rings. The molecule has 19 heavy (non-hydrogen) atoms. The summed E-state index contributed by atoms with van der Waals surface area (Å²) in [7, 11) is 0. The molecule has 0 aromatic carbocycles. The molecule has 0 spiro atoms. The molecule has 96 valence electrons. The summed E-state index contributed by atoms with van der Waals surface area (Å²) in [6.07, 6.45) is 9.14. The Hall–Kier alpha value is -2.40. The second-order valence-electron chi connectivity index (χ2n) is 4.27. The number of aryl methyl sites for hydroxylation is 1. The maximum Gasteiger partial charge on any atom is 0.139 e. The number of rotatable bonds is 3. The van der Waals surface area contributed by atoms with Gasteiger partial charge >= 0.3 is 0 Å². The highest BCUT2D eigenvalue weighted by Gasteiger charge is 2.08. The third kappa shape index (κ3) is 2.04. The average Bonchev–Trinajstić information content (AvgIpc) is 3.02. The summed E-state index contributed by atoms with van der Waals surface area (Å²) in [6, 6.07) is 3.92. The van der Waals surface area contributed by atoms with E-state index in [1.54, 1.807) is 12.3 Å². The van der Waals surface area contributed by atoms with Gasteiger partial charge in [0, 0.05) is 29.5 Å². The van der Waals surface area contributed by atoms with Gasteiger partial charge in [-0.05, 0) is 19.1 Å². The molecular formula is C14H14N4O. The fourth-order valence-corrected chi connectivity index (χ4v) is 2.09. The van der Waals surface area contributed by atoms with Crippen molar-refractivity contribution in [1.82, 2.24) is 19.7 Å². The van der Waals surface area contributed by atoms with E-state index < -0.39 is 0 Å². The van der Waals surface area contributed by atoms with Crippen LogP contribution in [0.5, 0.6) is 0 Å². The van der Waals surface area contributed by atoms with Crippen molar-refractivity contribution < 1.29 is 5.11 Å². The van der Waals surface area contributed by atoms with Crippen molar-refractivity contribution in [2.45, 2.75) is 6.92 Å². The molecule has 0 atom stereocenters. The number of pyridine rings is 1. The molecule has 0 amide bonds. The highest BCUT2D eigenvalue weighted by Crippen LogP contribution is 2.20. The fraction of sp³-hybridized carbons (Fsp3) is 0.143. The highest BCUT2D eigenvalue weighted by atomic mass is 16.2. The van der Waals surface area contributed by atoms with Crippen LogP contribution in [0.25, 0.3) is 22.8 Å². The van der Waals surface area contributed by atoms with Gasteiger partial charge in [0.25, 0.3) is 0 Å². The van der Waals surface area contributed by atoms with Crippen LogP contribution in [-0.4, -0.2) is 31.5 Å². The van der Waals surface area contributed by atoms with Gasteiger partial charge in [-0.1, -0.05) is 12.2 Å². The van der Waals surface area contributed by atoms with Crippen LogP contribution < -0.4 is 0 Å². The summed E-state index contributed by atoms with van der Waals surface area (Å²) in [5.74, 6) is 0. The predicted molar refractivity (Wildman–Crippen MR) is 74.1 cm³/mol. The molecule has 0 fully saturated rings. The summed E-state index contributed by atoms with van der Waals surface area (Å²) < 4.78 is 1.84. The Bertz CT molecular complexity index is 739. The summed E-state index contributed by atoms with van der Waals surface area (Å²) in [5, 5.41) is 14.4. The summed E-state index contributed by atoms with van der Waals surface area (Å²) >= 11 is 0. The third-order valence-electron chi connectivity index (χ3n) is 3.02.